The van der Waals surface area contributed by atoms with Crippen LogP contribution in [0.4, 0.5) is 0 Å². The Labute approximate surface area is 146 Å². The van der Waals surface area contributed by atoms with Crippen molar-refractivity contribution in [3.8, 4) is 11.8 Å². The van der Waals surface area contributed by atoms with E-state index in [0.717, 1.165) is 4.73 Å². The molecule has 3 aromatic rings. The Balaban J connectivity index is 1.72. The highest BCUT2D eigenvalue weighted by molar-refractivity contribution is 7.73. The van der Waals surface area contributed by atoms with Crippen LogP contribution >= 0.6 is 7.92 Å². The first kappa shape index (κ1) is 17.1. The summed E-state index contributed by atoms with van der Waals surface area (Å²) in [6, 6.07) is 22.6. The number of hydrogen-bond acceptors (Lipinski definition) is 4. The van der Waals surface area contributed by atoms with E-state index in [0.29, 0.717) is 6.16 Å². The van der Waals surface area contributed by atoms with E-state index in [-0.39, 0.29) is 18.2 Å². The number of hydrogen-bond donors (Lipinski definition) is 2. The van der Waals surface area contributed by atoms with Crippen LogP contribution in [0.2, 0.25) is 0 Å². The largest absolute Gasteiger partial charge is 0.492 e. The zero-order chi connectivity index (χ0) is 17.6. The summed E-state index contributed by atoms with van der Waals surface area (Å²) in [4.78, 5) is 17.2. The molecule has 0 radical (unpaired) electrons. The van der Waals surface area contributed by atoms with Crippen molar-refractivity contribution in [2.24, 2.45) is 0 Å². The summed E-state index contributed by atoms with van der Waals surface area (Å²) in [5, 5.41) is 21.5. The highest BCUT2D eigenvalue weighted by atomic mass is 31.1. The van der Waals surface area contributed by atoms with E-state index in [2.05, 4.69) is 24.3 Å². The predicted molar refractivity (Wildman–Crippen MR) is 97.9 cm³/mol. The van der Waals surface area contributed by atoms with Crippen molar-refractivity contribution in [2.45, 2.75) is 6.42 Å². The molecule has 3 rings (SSSR count). The molecule has 0 fully saturated rings. The topological polar surface area (TPSA) is 71.7 Å². The molecule has 1 heterocycles. The molecule has 0 aliphatic rings. The minimum atomic E-state index is -0.697. The van der Waals surface area contributed by atoms with Crippen LogP contribution in [-0.2, 0) is 4.79 Å². The lowest BCUT2D eigenvalue weighted by Gasteiger charge is -2.18. The fourth-order valence-corrected chi connectivity index (χ4v) is 4.75. The Hall–Kier alpha value is -2.78. The van der Waals surface area contributed by atoms with E-state index in [1.54, 1.807) is 0 Å². The third kappa shape index (κ3) is 4.20. The van der Waals surface area contributed by atoms with Gasteiger partial charge < -0.3 is 15.1 Å². The fraction of sp³-hybridized carbons (Fsp3) is 0.105. The zero-order valence-electron chi connectivity index (χ0n) is 13.4. The zero-order valence-corrected chi connectivity index (χ0v) is 14.3. The van der Waals surface area contributed by atoms with Crippen LogP contribution in [-0.4, -0.2) is 27.1 Å². The molecule has 0 atom stereocenters. The Bertz CT molecular complexity index is 774. The van der Waals surface area contributed by atoms with Gasteiger partial charge in [0.15, 0.2) is 0 Å². The molecule has 2 N–H and O–H groups in total. The third-order valence-corrected chi connectivity index (χ3v) is 6.18. The third-order valence-electron chi connectivity index (χ3n) is 3.67. The quantitative estimate of drug-likeness (QED) is 0.666. The van der Waals surface area contributed by atoms with Gasteiger partial charge in [-0.05, 0) is 24.7 Å². The molecule has 5 nitrogen and oxygen atoms in total. The second kappa shape index (κ2) is 7.86. The van der Waals surface area contributed by atoms with Gasteiger partial charge in [0, 0.05) is 12.1 Å². The highest BCUT2D eigenvalue weighted by Gasteiger charge is 2.17. The van der Waals surface area contributed by atoms with Gasteiger partial charge in [0.25, 0.3) is 0 Å². The maximum atomic E-state index is 12.1. The summed E-state index contributed by atoms with van der Waals surface area (Å²) >= 11 is 0. The average molecular weight is 355 g/mol. The van der Waals surface area contributed by atoms with E-state index < -0.39 is 13.9 Å². The first-order valence-electron chi connectivity index (χ1n) is 7.83. The molecule has 0 spiro atoms. The molecular formula is C19H18NO4P. The molecule has 0 amide bonds. The van der Waals surface area contributed by atoms with Crippen LogP contribution in [0.25, 0.3) is 0 Å². The number of aromatic hydroxyl groups is 2. The van der Waals surface area contributed by atoms with Crippen molar-refractivity contribution < 1.29 is 19.8 Å². The van der Waals surface area contributed by atoms with Crippen molar-refractivity contribution in [3.63, 3.8) is 0 Å². The van der Waals surface area contributed by atoms with Gasteiger partial charge in [-0.1, -0.05) is 60.7 Å². The summed E-state index contributed by atoms with van der Waals surface area (Å²) in [6.45, 7) is 0. The van der Waals surface area contributed by atoms with Gasteiger partial charge >= 0.3 is 5.97 Å². The Morgan fingerprint density at radius 3 is 1.80 bits per heavy atom. The van der Waals surface area contributed by atoms with Gasteiger partial charge in [0.1, 0.15) is 0 Å². The van der Waals surface area contributed by atoms with Crippen LogP contribution < -0.4 is 15.4 Å². The van der Waals surface area contributed by atoms with Crippen molar-refractivity contribution in [1.29, 1.82) is 0 Å². The van der Waals surface area contributed by atoms with Crippen LogP contribution in [0, 0.1) is 0 Å². The lowest BCUT2D eigenvalue weighted by Crippen LogP contribution is -2.22. The van der Waals surface area contributed by atoms with Crippen molar-refractivity contribution in [1.82, 2.24) is 4.73 Å². The Morgan fingerprint density at radius 2 is 1.32 bits per heavy atom. The van der Waals surface area contributed by atoms with Crippen LogP contribution in [0.15, 0.2) is 72.8 Å². The maximum absolute atomic E-state index is 12.1. The average Bonchev–Trinajstić information content (AvgIpc) is 2.96. The summed E-state index contributed by atoms with van der Waals surface area (Å²) in [7, 11) is -0.697. The molecule has 0 saturated heterocycles. The molecule has 25 heavy (non-hydrogen) atoms. The number of nitrogens with zero attached hydrogens (tertiary/aromatic N) is 1. The summed E-state index contributed by atoms with van der Waals surface area (Å²) in [5.41, 5.74) is 0. The van der Waals surface area contributed by atoms with Gasteiger partial charge in [-0.2, -0.15) is 0 Å². The molecule has 2 aromatic carbocycles. The Morgan fingerprint density at radius 1 is 0.840 bits per heavy atom. The summed E-state index contributed by atoms with van der Waals surface area (Å²) in [6.07, 6.45) is 0.789. The van der Waals surface area contributed by atoms with Gasteiger partial charge in [0.2, 0.25) is 11.8 Å². The number of carbonyl (C=O) groups excluding carboxylic acids is 1. The van der Waals surface area contributed by atoms with E-state index in [1.165, 1.54) is 22.7 Å². The fourth-order valence-electron chi connectivity index (χ4n) is 2.47. The van der Waals surface area contributed by atoms with Crippen LogP contribution in [0.1, 0.15) is 6.42 Å². The second-order valence-corrected chi connectivity index (χ2v) is 7.72. The molecular weight excluding hydrogens is 337 g/mol. The van der Waals surface area contributed by atoms with Crippen molar-refractivity contribution in [2.75, 3.05) is 6.16 Å². The molecule has 1 aromatic heterocycles. The van der Waals surface area contributed by atoms with Gasteiger partial charge in [-0.15, -0.1) is 4.73 Å². The van der Waals surface area contributed by atoms with Crippen LogP contribution in [0.3, 0.4) is 0 Å². The van der Waals surface area contributed by atoms with Gasteiger partial charge in [0.05, 0.1) is 6.42 Å². The smallest absolute Gasteiger partial charge is 0.333 e. The van der Waals surface area contributed by atoms with E-state index in [1.807, 2.05) is 36.4 Å². The SMILES string of the molecule is O=C(CCP(c1ccccc1)c1ccccc1)On1c(O)ccc1O. The molecule has 0 unspecified atom stereocenters. The van der Waals surface area contributed by atoms with E-state index in [9.17, 15) is 15.0 Å². The number of aromatic nitrogens is 1. The number of carbonyl (C=O) groups is 1. The highest BCUT2D eigenvalue weighted by Crippen LogP contribution is 2.34. The monoisotopic (exact) mass is 355 g/mol. The lowest BCUT2D eigenvalue weighted by atomic mass is 10.4. The second-order valence-electron chi connectivity index (χ2n) is 5.38. The molecule has 0 aliphatic carbocycles. The molecule has 0 aliphatic heterocycles. The normalized spacial score (nSPS) is 10.8. The van der Waals surface area contributed by atoms with Crippen molar-refractivity contribution in [3.05, 3.63) is 72.8 Å². The maximum Gasteiger partial charge on any atom is 0.333 e. The molecule has 6 heteroatoms. The molecule has 0 saturated carbocycles. The number of benzene rings is 2. The standard InChI is InChI=1S/C19H18NO4P/c21-17-11-12-18(22)20(17)24-19(23)13-14-25(15-7-3-1-4-8-15)16-9-5-2-6-10-16/h1-12,21-22H,13-14H2. The molecule has 128 valence electrons. The summed E-state index contributed by atoms with van der Waals surface area (Å²) < 4.78 is 0.718. The first-order chi connectivity index (χ1) is 12.1. The van der Waals surface area contributed by atoms with E-state index >= 15 is 0 Å². The van der Waals surface area contributed by atoms with Crippen molar-refractivity contribution >= 4 is 24.5 Å². The molecule has 0 bridgehead atoms. The Kier molecular flexibility index (Phi) is 5.36. The lowest BCUT2D eigenvalue weighted by molar-refractivity contribution is -0.144. The minimum absolute atomic E-state index is 0.173. The minimum Gasteiger partial charge on any atom is -0.492 e. The number of rotatable bonds is 6. The summed E-state index contributed by atoms with van der Waals surface area (Å²) in [5.74, 6) is -1.15. The van der Waals surface area contributed by atoms with Crippen LogP contribution in [0.5, 0.6) is 11.8 Å². The van der Waals surface area contributed by atoms with E-state index in [4.69, 9.17) is 4.84 Å². The predicted octanol–water partition coefficient (Wildman–Crippen LogP) is 2.38. The first-order valence-corrected chi connectivity index (χ1v) is 9.36. The van der Waals surface area contributed by atoms with Gasteiger partial charge in [-0.25, -0.2) is 4.79 Å². The van der Waals surface area contributed by atoms with Gasteiger partial charge in [-0.3, -0.25) is 0 Å².